The van der Waals surface area contributed by atoms with Crippen molar-refractivity contribution in [3.8, 4) is 0 Å². The molecule has 8 heteroatoms. The molecule has 0 saturated heterocycles. The lowest BCUT2D eigenvalue weighted by Gasteiger charge is -2.21. The van der Waals surface area contributed by atoms with E-state index < -0.39 is 23.6 Å². The van der Waals surface area contributed by atoms with E-state index in [9.17, 15) is 14.4 Å². The third-order valence-electron chi connectivity index (χ3n) is 1.91. The zero-order chi connectivity index (χ0) is 15.9. The van der Waals surface area contributed by atoms with Crippen LogP contribution in [-0.2, 0) is 14.3 Å². The summed E-state index contributed by atoms with van der Waals surface area (Å²) in [6.45, 7) is 6.79. The Morgan fingerprint density at radius 2 is 1.70 bits per heavy atom. The average molecular weight is 288 g/mol. The molecule has 0 aromatic heterocycles. The van der Waals surface area contributed by atoms with Gasteiger partial charge in [0.15, 0.2) is 0 Å². The Labute approximate surface area is 119 Å². The maximum absolute atomic E-state index is 11.6. The van der Waals surface area contributed by atoms with E-state index in [-0.39, 0.29) is 12.5 Å². The first-order chi connectivity index (χ1) is 9.01. The molecule has 0 saturated carbocycles. The number of nitrogens with one attached hydrogen (secondary N) is 3. The van der Waals surface area contributed by atoms with Crippen LogP contribution in [0.1, 0.15) is 27.7 Å². The van der Waals surface area contributed by atoms with E-state index in [0.29, 0.717) is 0 Å². The third-order valence-corrected chi connectivity index (χ3v) is 1.91. The van der Waals surface area contributed by atoms with Crippen LogP contribution in [0.25, 0.3) is 0 Å². The normalized spacial score (nSPS) is 12.6. The van der Waals surface area contributed by atoms with Gasteiger partial charge in [0.25, 0.3) is 11.8 Å². The van der Waals surface area contributed by atoms with E-state index in [1.165, 1.54) is 6.92 Å². The van der Waals surface area contributed by atoms with Crippen molar-refractivity contribution in [2.45, 2.75) is 39.3 Å². The van der Waals surface area contributed by atoms with Gasteiger partial charge < -0.3 is 15.0 Å². The van der Waals surface area contributed by atoms with Crippen LogP contribution >= 0.6 is 0 Å². The number of hydrogen-bond acceptors (Lipinski definition) is 5. The van der Waals surface area contributed by atoms with Gasteiger partial charge in [0, 0.05) is 0 Å². The van der Waals surface area contributed by atoms with Crippen LogP contribution in [0, 0.1) is 0 Å². The van der Waals surface area contributed by atoms with Crippen molar-refractivity contribution in [1.29, 1.82) is 0 Å². The monoisotopic (exact) mass is 288 g/mol. The lowest BCUT2D eigenvalue weighted by atomic mass is 10.2. The second-order valence-electron chi connectivity index (χ2n) is 5.64. The van der Waals surface area contributed by atoms with Gasteiger partial charge >= 0.3 is 6.09 Å². The number of alkyl carbamates (subject to hydrolysis) is 1. The Balaban J connectivity index is 4.10. The fraction of sp³-hybridized carbons (Fsp3) is 0.750. The van der Waals surface area contributed by atoms with Gasteiger partial charge in [-0.15, -0.1) is 0 Å². The number of carbonyl (C=O) groups excluding carboxylic acids is 3. The number of carbonyl (C=O) groups is 3. The molecule has 0 aliphatic rings. The molecule has 0 aliphatic heterocycles. The van der Waals surface area contributed by atoms with Crippen molar-refractivity contribution in [2.75, 3.05) is 20.6 Å². The highest BCUT2D eigenvalue weighted by Gasteiger charge is 2.21. The highest BCUT2D eigenvalue weighted by atomic mass is 16.6. The summed E-state index contributed by atoms with van der Waals surface area (Å²) < 4.78 is 5.01. The first kappa shape index (κ1) is 18.2. The molecule has 0 radical (unpaired) electrons. The molecule has 3 amide bonds. The second kappa shape index (κ2) is 7.68. The van der Waals surface area contributed by atoms with Crippen LogP contribution < -0.4 is 16.2 Å². The van der Waals surface area contributed by atoms with Crippen LogP contribution in [0.2, 0.25) is 0 Å². The van der Waals surface area contributed by atoms with Crippen LogP contribution in [-0.4, -0.2) is 55.1 Å². The highest BCUT2D eigenvalue weighted by Crippen LogP contribution is 2.06. The van der Waals surface area contributed by atoms with E-state index in [1.54, 1.807) is 39.8 Å². The fourth-order valence-corrected chi connectivity index (χ4v) is 1.12. The minimum Gasteiger partial charge on any atom is -0.444 e. The minimum absolute atomic E-state index is 0.147. The number of rotatable bonds is 4. The maximum atomic E-state index is 11.6. The summed E-state index contributed by atoms with van der Waals surface area (Å²) in [5.41, 5.74) is 3.83. The summed E-state index contributed by atoms with van der Waals surface area (Å²) in [4.78, 5) is 36.0. The first-order valence-electron chi connectivity index (χ1n) is 6.24. The highest BCUT2D eigenvalue weighted by molar-refractivity contribution is 5.87. The van der Waals surface area contributed by atoms with Gasteiger partial charge in [-0.2, -0.15) is 0 Å². The summed E-state index contributed by atoms with van der Waals surface area (Å²) in [5, 5.41) is 2.37. The molecular weight excluding hydrogens is 264 g/mol. The summed E-state index contributed by atoms with van der Waals surface area (Å²) in [7, 11) is 3.46. The zero-order valence-corrected chi connectivity index (χ0v) is 12.9. The van der Waals surface area contributed by atoms with Crippen LogP contribution in [0.3, 0.4) is 0 Å². The van der Waals surface area contributed by atoms with Crippen molar-refractivity contribution in [2.24, 2.45) is 0 Å². The molecule has 0 spiro atoms. The Hall–Kier alpha value is -1.83. The number of amides is 3. The molecule has 0 aromatic carbocycles. The fourth-order valence-electron chi connectivity index (χ4n) is 1.12. The van der Waals surface area contributed by atoms with E-state index in [1.807, 2.05) is 0 Å². The second-order valence-corrected chi connectivity index (χ2v) is 5.64. The van der Waals surface area contributed by atoms with Gasteiger partial charge in [-0.25, -0.2) is 4.79 Å². The standard InChI is InChI=1S/C12H24N4O4/c1-8(13-11(19)20-12(2,3)4)10(18)15-14-9(17)7-16(5)6/h8H,7H2,1-6H3,(H,13,19)(H,14,17)(H,15,18)/t8-/m0/s1. The Kier molecular flexibility index (Phi) is 6.98. The number of hydrazine groups is 1. The predicted molar refractivity (Wildman–Crippen MR) is 73.7 cm³/mol. The third kappa shape index (κ3) is 9.15. The summed E-state index contributed by atoms with van der Waals surface area (Å²) >= 11 is 0. The van der Waals surface area contributed by atoms with Crippen LogP contribution in [0.4, 0.5) is 4.79 Å². The molecule has 3 N–H and O–H groups in total. The first-order valence-corrected chi connectivity index (χ1v) is 6.24. The molecule has 0 unspecified atom stereocenters. The Morgan fingerprint density at radius 3 is 2.15 bits per heavy atom. The Bertz CT molecular complexity index is 363. The van der Waals surface area contributed by atoms with E-state index in [0.717, 1.165) is 0 Å². The topological polar surface area (TPSA) is 99.8 Å². The lowest BCUT2D eigenvalue weighted by molar-refractivity contribution is -0.130. The van der Waals surface area contributed by atoms with Gasteiger partial charge in [0.05, 0.1) is 6.54 Å². The van der Waals surface area contributed by atoms with Crippen molar-refractivity contribution in [3.05, 3.63) is 0 Å². The number of ether oxygens (including phenoxy) is 1. The molecule has 8 nitrogen and oxygen atoms in total. The van der Waals surface area contributed by atoms with Gasteiger partial charge in [-0.05, 0) is 41.8 Å². The molecule has 20 heavy (non-hydrogen) atoms. The molecule has 0 heterocycles. The number of hydrogen-bond donors (Lipinski definition) is 3. The molecule has 116 valence electrons. The van der Waals surface area contributed by atoms with E-state index in [4.69, 9.17) is 4.74 Å². The summed E-state index contributed by atoms with van der Waals surface area (Å²) in [6, 6.07) is -0.829. The van der Waals surface area contributed by atoms with Gasteiger partial charge in [0.2, 0.25) is 0 Å². The van der Waals surface area contributed by atoms with Crippen LogP contribution in [0.15, 0.2) is 0 Å². The lowest BCUT2D eigenvalue weighted by Crippen LogP contribution is -2.52. The zero-order valence-electron chi connectivity index (χ0n) is 12.9. The Morgan fingerprint density at radius 1 is 1.15 bits per heavy atom. The van der Waals surface area contributed by atoms with Crippen molar-refractivity contribution < 1.29 is 19.1 Å². The molecule has 1 atom stereocenters. The van der Waals surface area contributed by atoms with Gasteiger partial charge in [-0.3, -0.25) is 20.4 Å². The van der Waals surface area contributed by atoms with E-state index in [2.05, 4.69) is 16.2 Å². The molecule has 0 rings (SSSR count). The number of nitrogens with zero attached hydrogens (tertiary/aromatic N) is 1. The smallest absolute Gasteiger partial charge is 0.408 e. The van der Waals surface area contributed by atoms with Gasteiger partial charge in [0.1, 0.15) is 11.6 Å². The summed E-state index contributed by atoms with van der Waals surface area (Å²) in [5.74, 6) is -0.893. The van der Waals surface area contributed by atoms with Crippen molar-refractivity contribution in [1.82, 2.24) is 21.1 Å². The maximum Gasteiger partial charge on any atom is 0.408 e. The predicted octanol–water partition coefficient (Wildman–Crippen LogP) is -0.391. The molecular formula is C12H24N4O4. The molecule has 0 aliphatic carbocycles. The average Bonchev–Trinajstić information content (AvgIpc) is 2.21. The molecule has 0 aromatic rings. The summed E-state index contributed by atoms with van der Waals surface area (Å²) in [6.07, 6.45) is -0.695. The van der Waals surface area contributed by atoms with Crippen molar-refractivity contribution in [3.63, 3.8) is 0 Å². The number of likely N-dealkylation sites (N-methyl/N-ethyl adjacent to an activating group) is 1. The molecule has 0 bridgehead atoms. The van der Waals surface area contributed by atoms with Crippen molar-refractivity contribution >= 4 is 17.9 Å². The van der Waals surface area contributed by atoms with Crippen LogP contribution in [0.5, 0.6) is 0 Å². The van der Waals surface area contributed by atoms with Gasteiger partial charge in [-0.1, -0.05) is 0 Å². The minimum atomic E-state index is -0.829. The van der Waals surface area contributed by atoms with E-state index >= 15 is 0 Å². The largest absolute Gasteiger partial charge is 0.444 e. The quantitative estimate of drug-likeness (QED) is 0.612. The SMILES string of the molecule is C[C@H](NC(=O)OC(C)(C)C)C(=O)NNC(=O)CN(C)C. The molecule has 0 fully saturated rings.